The van der Waals surface area contributed by atoms with Crippen LogP contribution in [0.4, 0.5) is 17.1 Å². The molecule has 0 aromatic heterocycles. The van der Waals surface area contributed by atoms with Crippen LogP contribution in [0.1, 0.15) is 77.8 Å². The number of carbonyl (C=O) groups excluding carboxylic acids is 3. The summed E-state index contributed by atoms with van der Waals surface area (Å²) in [5.41, 5.74) is 5.63. The van der Waals surface area contributed by atoms with Gasteiger partial charge in [0.15, 0.2) is 0 Å². The number of aromatic carboxylic acids is 1. The Hall–Kier alpha value is -8.00. The van der Waals surface area contributed by atoms with Gasteiger partial charge in [0.2, 0.25) is 17.0 Å². The normalized spacial score (nSPS) is 15.8. The molecule has 2 amide bonds. The first-order chi connectivity index (χ1) is 34.0. The van der Waals surface area contributed by atoms with Crippen molar-refractivity contribution < 1.29 is 38.5 Å². The molecule has 5 aromatic rings. The van der Waals surface area contributed by atoms with E-state index in [1.165, 1.54) is 12.1 Å². The number of hydrogen-bond donors (Lipinski definition) is 3. The number of rotatable bonds is 15. The van der Waals surface area contributed by atoms with E-state index in [0.29, 0.717) is 72.1 Å². The Kier molecular flexibility index (Phi) is 12.9. The standard InChI is InChI=1S/C57H58N6O8/c1-56(2)44-29-34(18-26-46(44)63(7)57(56)33-59-52-39-15-9-8-14-35(39)20-27-47(52)71-57)13-12-17-50(64)58-28-11-10-16-45(55(68)69)60-53(65)36-19-23-40(43(30-36)54(66)67)51-41-24-21-37(61(3)4)31-48(41)70-49-32-38(62(5)6)22-25-42(49)51/h8-9,14-15,18-27,29-33,45H,10-13,16-17,28H2,1-7H3,(H3-,58,60,64,65,66,67,68,69). The van der Waals surface area contributed by atoms with Crippen LogP contribution in [-0.2, 0) is 21.4 Å². The van der Waals surface area contributed by atoms with Crippen LogP contribution < -0.4 is 40.2 Å². The highest BCUT2D eigenvalue weighted by molar-refractivity contribution is 6.09. The van der Waals surface area contributed by atoms with Gasteiger partial charge in [-0.2, -0.15) is 0 Å². The summed E-state index contributed by atoms with van der Waals surface area (Å²) in [6.07, 6.45) is 4.61. The maximum atomic E-state index is 13.6. The van der Waals surface area contributed by atoms with Gasteiger partial charge in [0.05, 0.1) is 23.7 Å². The molecule has 9 rings (SSSR count). The minimum Gasteiger partial charge on any atom is -0.545 e. The molecule has 14 nitrogen and oxygen atoms in total. The summed E-state index contributed by atoms with van der Waals surface area (Å²) in [4.78, 5) is 60.7. The molecule has 3 N–H and O–H groups in total. The van der Waals surface area contributed by atoms with Crippen LogP contribution in [0.15, 0.2) is 119 Å². The van der Waals surface area contributed by atoms with Crippen molar-refractivity contribution in [2.24, 2.45) is 4.99 Å². The average Bonchev–Trinajstić information content (AvgIpc) is 3.50. The van der Waals surface area contributed by atoms with E-state index in [0.717, 1.165) is 50.1 Å². The van der Waals surface area contributed by atoms with Gasteiger partial charge in [0.1, 0.15) is 42.9 Å². The summed E-state index contributed by atoms with van der Waals surface area (Å²) in [6.45, 7) is 4.70. The molecular formula is C57H58N6O8. The number of hydrogen-bond acceptors (Lipinski definition) is 10. The summed E-state index contributed by atoms with van der Waals surface area (Å²) >= 11 is 0. The summed E-state index contributed by atoms with van der Waals surface area (Å²) < 4.78 is 15.2. The van der Waals surface area contributed by atoms with Gasteiger partial charge in [-0.3, -0.25) is 14.6 Å². The number of aryl methyl sites for hydroxylation is 1. The Morgan fingerprint density at radius 1 is 0.873 bits per heavy atom. The number of likely N-dealkylation sites (N-methyl/N-ethyl adjacent to an activating group) is 1. The minimum atomic E-state index is -1.50. The highest BCUT2D eigenvalue weighted by Gasteiger charge is 2.58. The third kappa shape index (κ3) is 8.94. The molecular weight excluding hydrogens is 897 g/mol. The molecule has 0 radical (unpaired) electrons. The van der Waals surface area contributed by atoms with E-state index in [1.54, 1.807) is 6.07 Å². The number of unbranched alkanes of at least 4 members (excludes halogenated alkanes) is 1. The lowest BCUT2D eigenvalue weighted by Gasteiger charge is -2.45. The summed E-state index contributed by atoms with van der Waals surface area (Å²) in [5.74, 6) is -2.28. The molecule has 0 saturated carbocycles. The summed E-state index contributed by atoms with van der Waals surface area (Å²) in [7, 11) is 9.69. The first-order valence-electron chi connectivity index (χ1n) is 23.9. The Labute approximate surface area is 412 Å². The molecule has 1 spiro atoms. The van der Waals surface area contributed by atoms with Crippen molar-refractivity contribution in [1.82, 2.24) is 15.2 Å². The Morgan fingerprint density at radius 2 is 1.66 bits per heavy atom. The second kappa shape index (κ2) is 19.1. The van der Waals surface area contributed by atoms with Crippen molar-refractivity contribution >= 4 is 68.8 Å². The van der Waals surface area contributed by atoms with Crippen LogP contribution >= 0.6 is 0 Å². The number of anilines is 2. The molecule has 2 unspecified atom stereocenters. The van der Waals surface area contributed by atoms with Crippen LogP contribution in [0.2, 0.25) is 0 Å². The van der Waals surface area contributed by atoms with Crippen molar-refractivity contribution in [2.75, 3.05) is 51.6 Å². The van der Waals surface area contributed by atoms with Crippen molar-refractivity contribution in [2.45, 2.75) is 69.6 Å². The second-order valence-electron chi connectivity index (χ2n) is 19.5. The number of amides is 2. The molecule has 3 aliphatic heterocycles. The van der Waals surface area contributed by atoms with E-state index < -0.39 is 35.0 Å². The fourth-order valence-corrected chi connectivity index (χ4v) is 10.1. The van der Waals surface area contributed by atoms with Gasteiger partial charge in [-0.1, -0.05) is 48.5 Å². The fourth-order valence-electron chi connectivity index (χ4n) is 10.1. The Morgan fingerprint density at radius 3 is 2.42 bits per heavy atom. The SMILES string of the molecule is CN(C)c1ccc2c(-c3ccc(C(=O)NC(CCCCNC(=O)CCCc4ccc5c(c4)C(C)(C)C4(C=Nc6c(ccc7ccccc67)O4)N5C)C(=O)O)cc3C(=O)[O-])c3ccc(=[N+](C)C)cc-3oc2c1. The third-order valence-electron chi connectivity index (χ3n) is 14.2. The van der Waals surface area contributed by atoms with Gasteiger partial charge in [-0.05, 0) is 110 Å². The molecule has 1 aliphatic carbocycles. The number of carboxylic acid groups (broad SMARTS) is 2. The zero-order valence-electron chi connectivity index (χ0n) is 41.1. The number of nitrogens with zero attached hydrogens (tertiary/aromatic N) is 4. The summed E-state index contributed by atoms with van der Waals surface area (Å²) in [6, 6.07) is 33.0. The number of fused-ring (bicyclic) bond motifs is 6. The first kappa shape index (κ1) is 48.0. The maximum absolute atomic E-state index is 13.6. The van der Waals surface area contributed by atoms with Gasteiger partial charge in [0.25, 0.3) is 5.91 Å². The number of nitrogens with one attached hydrogen (secondary N) is 2. The number of benzene rings is 6. The topological polar surface area (TPSA) is 180 Å². The minimum absolute atomic E-state index is 0.0295. The Balaban J connectivity index is 0.790. The molecule has 364 valence electrons. The molecule has 3 heterocycles. The number of carboxylic acids is 2. The van der Waals surface area contributed by atoms with Crippen LogP contribution in [0.25, 0.3) is 44.2 Å². The molecule has 4 aliphatic rings. The molecule has 5 aromatic carbocycles. The monoisotopic (exact) mass is 954 g/mol. The van der Waals surface area contributed by atoms with Crippen LogP contribution in [0.5, 0.6) is 5.75 Å². The van der Waals surface area contributed by atoms with Gasteiger partial charge < -0.3 is 44.6 Å². The van der Waals surface area contributed by atoms with Gasteiger partial charge >= 0.3 is 5.97 Å². The van der Waals surface area contributed by atoms with Crippen LogP contribution in [0.3, 0.4) is 0 Å². The molecule has 0 bridgehead atoms. The van der Waals surface area contributed by atoms with Crippen molar-refractivity contribution in [1.29, 1.82) is 0 Å². The second-order valence-corrected chi connectivity index (χ2v) is 19.5. The molecule has 0 fully saturated rings. The molecule has 2 atom stereocenters. The van der Waals surface area contributed by atoms with E-state index in [9.17, 15) is 29.4 Å². The number of ether oxygens (including phenoxy) is 1. The lowest BCUT2D eigenvalue weighted by Crippen LogP contribution is -2.61. The van der Waals surface area contributed by atoms with E-state index >= 15 is 0 Å². The highest BCUT2D eigenvalue weighted by atomic mass is 16.5. The number of aliphatic imine (C=N–C) groups is 1. The van der Waals surface area contributed by atoms with E-state index in [-0.39, 0.29) is 23.5 Å². The van der Waals surface area contributed by atoms with Crippen molar-refractivity contribution in [3.63, 3.8) is 0 Å². The number of aliphatic carboxylic acids is 1. The molecule has 71 heavy (non-hydrogen) atoms. The van der Waals surface area contributed by atoms with E-state index in [4.69, 9.17) is 14.1 Å². The van der Waals surface area contributed by atoms with E-state index in [2.05, 4.69) is 65.8 Å². The molecule has 0 saturated heterocycles. The maximum Gasteiger partial charge on any atom is 0.326 e. The van der Waals surface area contributed by atoms with Crippen LogP contribution in [0, 0.1) is 0 Å². The smallest absolute Gasteiger partial charge is 0.326 e. The highest BCUT2D eigenvalue weighted by Crippen LogP contribution is 2.54. The zero-order chi connectivity index (χ0) is 50.4. The lowest BCUT2D eigenvalue weighted by molar-refractivity contribution is -0.255. The van der Waals surface area contributed by atoms with Crippen molar-refractivity contribution in [3.05, 3.63) is 137 Å². The summed E-state index contributed by atoms with van der Waals surface area (Å²) in [5, 5.41) is 32.1. The average molecular weight is 955 g/mol. The van der Waals surface area contributed by atoms with Gasteiger partial charge in [-0.25, -0.2) is 9.37 Å². The molecule has 14 heteroatoms. The zero-order valence-corrected chi connectivity index (χ0v) is 41.1. The third-order valence-corrected chi connectivity index (χ3v) is 14.2. The van der Waals surface area contributed by atoms with Gasteiger partial charge in [0, 0.05) is 90.6 Å². The van der Waals surface area contributed by atoms with Crippen molar-refractivity contribution in [3.8, 4) is 28.2 Å². The van der Waals surface area contributed by atoms with Gasteiger partial charge in [-0.15, -0.1) is 0 Å². The van der Waals surface area contributed by atoms with E-state index in [1.807, 2.05) is 106 Å². The first-order valence-corrected chi connectivity index (χ1v) is 23.9. The fraction of sp³-hybridized carbons (Fsp3) is 0.298. The largest absolute Gasteiger partial charge is 0.545 e. The Bertz CT molecular complexity index is 3350. The predicted octanol–water partition coefficient (Wildman–Crippen LogP) is 7.53. The lowest BCUT2D eigenvalue weighted by atomic mass is 9.77. The number of carbonyl (C=O) groups is 4. The van der Waals surface area contributed by atoms with Crippen LogP contribution in [-0.4, -0.2) is 88.6 Å². The quantitative estimate of drug-likeness (QED) is 0.0529. The predicted molar refractivity (Wildman–Crippen MR) is 276 cm³/mol.